The SMILES string of the molecule is CC1CN(C(=O)NC(C)c2cccnc2)CC(c2ccsc2)O1. The molecular formula is C17H21N3O2S. The van der Waals surface area contributed by atoms with Crippen molar-refractivity contribution in [2.24, 2.45) is 0 Å². The van der Waals surface area contributed by atoms with E-state index in [1.54, 1.807) is 23.7 Å². The number of hydrogen-bond donors (Lipinski definition) is 1. The van der Waals surface area contributed by atoms with Crippen LogP contribution in [0, 0.1) is 0 Å². The lowest BCUT2D eigenvalue weighted by Crippen LogP contribution is -2.50. The normalized spacial score (nSPS) is 22.6. The van der Waals surface area contributed by atoms with Gasteiger partial charge in [0.15, 0.2) is 0 Å². The summed E-state index contributed by atoms with van der Waals surface area (Å²) >= 11 is 1.65. The van der Waals surface area contributed by atoms with Crippen LogP contribution in [0.15, 0.2) is 41.4 Å². The third-order valence-electron chi connectivity index (χ3n) is 3.99. The van der Waals surface area contributed by atoms with Crippen LogP contribution in [0.3, 0.4) is 0 Å². The predicted molar refractivity (Wildman–Crippen MR) is 90.4 cm³/mol. The van der Waals surface area contributed by atoms with Gasteiger partial charge in [-0.25, -0.2) is 4.79 Å². The number of urea groups is 1. The summed E-state index contributed by atoms with van der Waals surface area (Å²) in [6.45, 7) is 5.15. The second-order valence-corrected chi connectivity index (χ2v) is 6.63. The van der Waals surface area contributed by atoms with Crippen molar-refractivity contribution in [3.05, 3.63) is 52.5 Å². The highest BCUT2D eigenvalue weighted by molar-refractivity contribution is 7.07. The van der Waals surface area contributed by atoms with Crippen LogP contribution in [-0.2, 0) is 4.74 Å². The van der Waals surface area contributed by atoms with E-state index in [1.807, 2.05) is 36.3 Å². The largest absolute Gasteiger partial charge is 0.367 e. The molecule has 3 heterocycles. The monoisotopic (exact) mass is 331 g/mol. The number of nitrogens with one attached hydrogen (secondary N) is 1. The number of amides is 2. The Morgan fingerprint density at radius 2 is 2.35 bits per heavy atom. The van der Waals surface area contributed by atoms with E-state index < -0.39 is 0 Å². The highest BCUT2D eigenvalue weighted by atomic mass is 32.1. The number of ether oxygens (including phenoxy) is 1. The number of rotatable bonds is 3. The van der Waals surface area contributed by atoms with E-state index >= 15 is 0 Å². The Labute approximate surface area is 140 Å². The van der Waals surface area contributed by atoms with Crippen LogP contribution < -0.4 is 5.32 Å². The van der Waals surface area contributed by atoms with E-state index in [-0.39, 0.29) is 24.3 Å². The van der Waals surface area contributed by atoms with Gasteiger partial charge in [-0.3, -0.25) is 4.98 Å². The molecule has 0 saturated carbocycles. The summed E-state index contributed by atoms with van der Waals surface area (Å²) in [5.41, 5.74) is 2.14. The Bertz CT molecular complexity index is 633. The van der Waals surface area contributed by atoms with E-state index in [0.29, 0.717) is 13.1 Å². The lowest BCUT2D eigenvalue weighted by Gasteiger charge is -2.37. The molecule has 23 heavy (non-hydrogen) atoms. The number of hydrogen-bond acceptors (Lipinski definition) is 4. The Balaban J connectivity index is 1.64. The van der Waals surface area contributed by atoms with Crippen molar-refractivity contribution in [1.82, 2.24) is 15.2 Å². The van der Waals surface area contributed by atoms with Gasteiger partial charge in [-0.05, 0) is 47.9 Å². The first-order valence-electron chi connectivity index (χ1n) is 7.76. The number of nitrogens with zero attached hydrogens (tertiary/aromatic N) is 2. The van der Waals surface area contributed by atoms with E-state index in [9.17, 15) is 4.79 Å². The van der Waals surface area contributed by atoms with Crippen molar-refractivity contribution in [3.63, 3.8) is 0 Å². The molecule has 1 N–H and O–H groups in total. The maximum absolute atomic E-state index is 12.6. The number of thiophene rings is 1. The molecule has 2 aromatic heterocycles. The number of carbonyl (C=O) groups excluding carboxylic acids is 1. The summed E-state index contributed by atoms with van der Waals surface area (Å²) in [5.74, 6) is 0. The number of carbonyl (C=O) groups is 1. The minimum Gasteiger partial charge on any atom is -0.367 e. The van der Waals surface area contributed by atoms with E-state index in [0.717, 1.165) is 11.1 Å². The summed E-state index contributed by atoms with van der Waals surface area (Å²) in [5, 5.41) is 7.16. The molecule has 6 heteroatoms. The molecule has 0 aromatic carbocycles. The highest BCUT2D eigenvalue weighted by Gasteiger charge is 2.30. The summed E-state index contributed by atoms with van der Waals surface area (Å²) in [6.07, 6.45) is 3.48. The molecule has 5 nitrogen and oxygen atoms in total. The summed E-state index contributed by atoms with van der Waals surface area (Å²) < 4.78 is 5.98. The van der Waals surface area contributed by atoms with E-state index in [1.165, 1.54) is 0 Å². The molecule has 1 fully saturated rings. The maximum Gasteiger partial charge on any atom is 0.318 e. The van der Waals surface area contributed by atoms with Gasteiger partial charge in [0.05, 0.1) is 18.7 Å². The van der Waals surface area contributed by atoms with Gasteiger partial charge in [0, 0.05) is 18.9 Å². The molecule has 1 aliphatic rings. The first-order valence-corrected chi connectivity index (χ1v) is 8.70. The zero-order chi connectivity index (χ0) is 16.2. The van der Waals surface area contributed by atoms with E-state index in [2.05, 4.69) is 21.7 Å². The van der Waals surface area contributed by atoms with Crippen molar-refractivity contribution in [2.45, 2.75) is 32.1 Å². The maximum atomic E-state index is 12.6. The predicted octanol–water partition coefficient (Wildman–Crippen LogP) is 3.38. The fraction of sp³-hybridized carbons (Fsp3) is 0.412. The molecule has 0 radical (unpaired) electrons. The van der Waals surface area contributed by atoms with Crippen molar-refractivity contribution in [3.8, 4) is 0 Å². The molecule has 3 unspecified atom stereocenters. The molecule has 2 aromatic rings. The van der Waals surface area contributed by atoms with Gasteiger partial charge in [-0.1, -0.05) is 6.07 Å². The van der Waals surface area contributed by atoms with Gasteiger partial charge in [0.1, 0.15) is 6.10 Å². The first-order chi connectivity index (χ1) is 11.1. The van der Waals surface area contributed by atoms with Gasteiger partial charge in [0.25, 0.3) is 0 Å². The third kappa shape index (κ3) is 3.89. The van der Waals surface area contributed by atoms with Crippen LogP contribution in [0.1, 0.15) is 37.1 Å². The Morgan fingerprint density at radius 1 is 1.48 bits per heavy atom. The van der Waals surface area contributed by atoms with Crippen molar-refractivity contribution < 1.29 is 9.53 Å². The van der Waals surface area contributed by atoms with Crippen molar-refractivity contribution >= 4 is 17.4 Å². The quantitative estimate of drug-likeness (QED) is 0.938. The van der Waals surface area contributed by atoms with Gasteiger partial charge in [-0.2, -0.15) is 11.3 Å². The average Bonchev–Trinajstić information content (AvgIpc) is 3.09. The summed E-state index contributed by atoms with van der Waals surface area (Å²) in [4.78, 5) is 18.5. The third-order valence-corrected chi connectivity index (χ3v) is 4.69. The van der Waals surface area contributed by atoms with Gasteiger partial charge < -0.3 is 15.0 Å². The Hall–Kier alpha value is -1.92. The molecular weight excluding hydrogens is 310 g/mol. The summed E-state index contributed by atoms with van der Waals surface area (Å²) in [6, 6.07) is 5.77. The Morgan fingerprint density at radius 3 is 3.04 bits per heavy atom. The first kappa shape index (κ1) is 16.0. The molecule has 0 spiro atoms. The number of pyridine rings is 1. The van der Waals surface area contributed by atoms with Crippen LogP contribution in [0.25, 0.3) is 0 Å². The molecule has 0 bridgehead atoms. The summed E-state index contributed by atoms with van der Waals surface area (Å²) in [7, 11) is 0. The van der Waals surface area contributed by atoms with Crippen LogP contribution in [-0.4, -0.2) is 35.1 Å². The van der Waals surface area contributed by atoms with Crippen LogP contribution in [0.2, 0.25) is 0 Å². The molecule has 1 aliphatic heterocycles. The Kier molecular flexibility index (Phi) is 4.93. The molecule has 1 saturated heterocycles. The second-order valence-electron chi connectivity index (χ2n) is 5.85. The minimum absolute atomic E-state index is 0.0214. The van der Waals surface area contributed by atoms with Crippen molar-refractivity contribution in [1.29, 1.82) is 0 Å². The van der Waals surface area contributed by atoms with Crippen molar-refractivity contribution in [2.75, 3.05) is 13.1 Å². The number of morpholine rings is 1. The lowest BCUT2D eigenvalue weighted by molar-refractivity contribution is -0.0657. The van der Waals surface area contributed by atoms with Gasteiger partial charge in [0.2, 0.25) is 0 Å². The molecule has 0 aliphatic carbocycles. The zero-order valence-corrected chi connectivity index (χ0v) is 14.1. The molecule has 122 valence electrons. The fourth-order valence-corrected chi connectivity index (χ4v) is 3.45. The van der Waals surface area contributed by atoms with Crippen LogP contribution >= 0.6 is 11.3 Å². The minimum atomic E-state index is -0.0750. The molecule has 2 amide bonds. The molecule has 3 rings (SSSR count). The fourth-order valence-electron chi connectivity index (χ4n) is 2.75. The van der Waals surface area contributed by atoms with Crippen LogP contribution in [0.5, 0.6) is 0 Å². The lowest BCUT2D eigenvalue weighted by atomic mass is 10.1. The second kappa shape index (κ2) is 7.10. The standard InChI is InChI=1S/C17H21N3O2S/c1-12-9-20(10-16(22-12)15-5-7-23-11-15)17(21)19-13(2)14-4-3-6-18-8-14/h3-8,11-13,16H,9-10H2,1-2H3,(H,19,21). The van der Waals surface area contributed by atoms with Gasteiger partial charge in [-0.15, -0.1) is 0 Å². The highest BCUT2D eigenvalue weighted by Crippen LogP contribution is 2.27. The smallest absolute Gasteiger partial charge is 0.318 e. The topological polar surface area (TPSA) is 54.5 Å². The number of aromatic nitrogens is 1. The zero-order valence-electron chi connectivity index (χ0n) is 13.3. The molecule has 3 atom stereocenters. The average molecular weight is 331 g/mol. The van der Waals surface area contributed by atoms with E-state index in [4.69, 9.17) is 4.74 Å². The van der Waals surface area contributed by atoms with Crippen LogP contribution in [0.4, 0.5) is 4.79 Å². The van der Waals surface area contributed by atoms with Gasteiger partial charge >= 0.3 is 6.03 Å².